The number of methoxy groups -OCH3 is 1. The molecular weight excluding hydrogens is 145 g/mol. The maximum Gasteiger partial charge on any atom is 0.118 e. The van der Waals surface area contributed by atoms with E-state index in [-0.39, 0.29) is 12.0 Å². The van der Waals surface area contributed by atoms with E-state index < -0.39 is 5.67 Å². The smallest absolute Gasteiger partial charge is 0.118 e. The summed E-state index contributed by atoms with van der Waals surface area (Å²) in [7, 11) is 1.60. The average molecular weight is 161 g/mol. The van der Waals surface area contributed by atoms with E-state index in [1.54, 1.807) is 7.11 Å². The first-order chi connectivity index (χ1) is 5.08. The van der Waals surface area contributed by atoms with E-state index in [0.717, 1.165) is 0 Å². The van der Waals surface area contributed by atoms with Gasteiger partial charge in [-0.25, -0.2) is 4.39 Å². The van der Waals surface area contributed by atoms with E-state index in [4.69, 9.17) is 10.5 Å². The summed E-state index contributed by atoms with van der Waals surface area (Å²) in [5, 5.41) is 0. The van der Waals surface area contributed by atoms with Crippen molar-refractivity contribution >= 4 is 0 Å². The first kappa shape index (κ1) is 8.94. The van der Waals surface area contributed by atoms with E-state index >= 15 is 0 Å². The van der Waals surface area contributed by atoms with Crippen molar-refractivity contribution < 1.29 is 9.13 Å². The van der Waals surface area contributed by atoms with E-state index in [9.17, 15) is 4.39 Å². The third-order valence-electron chi connectivity index (χ3n) is 2.50. The van der Waals surface area contributed by atoms with Crippen LogP contribution in [0.3, 0.4) is 0 Å². The van der Waals surface area contributed by atoms with Gasteiger partial charge in [0.1, 0.15) is 5.67 Å². The first-order valence-corrected chi connectivity index (χ1v) is 4.02. The van der Waals surface area contributed by atoms with E-state index in [1.807, 2.05) is 6.92 Å². The van der Waals surface area contributed by atoms with Gasteiger partial charge in [0.05, 0.1) is 6.61 Å². The lowest BCUT2D eigenvalue weighted by Crippen LogP contribution is -2.53. The molecular formula is C8H16FNO. The highest BCUT2D eigenvalue weighted by molar-refractivity contribution is 5.00. The van der Waals surface area contributed by atoms with Crippen molar-refractivity contribution in [3.8, 4) is 0 Å². The van der Waals surface area contributed by atoms with Crippen molar-refractivity contribution in [1.29, 1.82) is 0 Å². The fourth-order valence-corrected chi connectivity index (χ4v) is 1.61. The number of ether oxygens (including phenoxy) is 1. The van der Waals surface area contributed by atoms with Crippen LogP contribution in [0.25, 0.3) is 0 Å². The Balaban J connectivity index is 2.34. The molecule has 0 spiro atoms. The van der Waals surface area contributed by atoms with Gasteiger partial charge >= 0.3 is 0 Å². The molecule has 1 aliphatic rings. The predicted octanol–water partition coefficient (Wildman–Crippen LogP) is 1.10. The van der Waals surface area contributed by atoms with E-state index in [0.29, 0.717) is 19.4 Å². The van der Waals surface area contributed by atoms with Crippen LogP contribution >= 0.6 is 0 Å². The Morgan fingerprint density at radius 3 is 2.64 bits per heavy atom. The highest BCUT2D eigenvalue weighted by atomic mass is 19.1. The van der Waals surface area contributed by atoms with Gasteiger partial charge in [-0.2, -0.15) is 0 Å². The summed E-state index contributed by atoms with van der Waals surface area (Å²) in [5.41, 5.74) is 4.46. The topological polar surface area (TPSA) is 35.2 Å². The lowest BCUT2D eigenvalue weighted by molar-refractivity contribution is -0.0374. The molecule has 0 saturated heterocycles. The number of hydrogen-bond acceptors (Lipinski definition) is 2. The minimum Gasteiger partial charge on any atom is -0.384 e. The summed E-state index contributed by atoms with van der Waals surface area (Å²) in [6, 6.07) is 0.0688. The Labute approximate surface area is 66.9 Å². The van der Waals surface area contributed by atoms with Crippen molar-refractivity contribution in [1.82, 2.24) is 0 Å². The SMILES string of the molecule is COCC(C)C1(F)CC(N)C1. The van der Waals surface area contributed by atoms with Gasteiger partial charge in [0, 0.05) is 19.1 Å². The number of alkyl halides is 1. The third-order valence-corrected chi connectivity index (χ3v) is 2.50. The van der Waals surface area contributed by atoms with Gasteiger partial charge in [0.15, 0.2) is 0 Å². The minimum absolute atomic E-state index is 0.0210. The van der Waals surface area contributed by atoms with Crippen molar-refractivity contribution in [2.24, 2.45) is 11.7 Å². The van der Waals surface area contributed by atoms with Crippen LogP contribution in [0.5, 0.6) is 0 Å². The predicted molar refractivity (Wildman–Crippen MR) is 42.1 cm³/mol. The van der Waals surface area contributed by atoms with Crippen LogP contribution in [0, 0.1) is 5.92 Å². The Morgan fingerprint density at radius 1 is 1.73 bits per heavy atom. The second kappa shape index (κ2) is 3.07. The Hall–Kier alpha value is -0.150. The molecule has 0 radical (unpaired) electrons. The molecule has 0 aromatic carbocycles. The van der Waals surface area contributed by atoms with Gasteiger partial charge in [0.25, 0.3) is 0 Å². The van der Waals surface area contributed by atoms with Crippen LogP contribution in [0.4, 0.5) is 4.39 Å². The Morgan fingerprint density at radius 2 is 2.27 bits per heavy atom. The standard InChI is InChI=1S/C8H16FNO/c1-6(5-11-2)8(9)3-7(10)4-8/h6-7H,3-5,10H2,1-2H3. The molecule has 2 N–H and O–H groups in total. The maximum atomic E-state index is 13.6. The molecule has 1 rings (SSSR count). The molecule has 1 aliphatic carbocycles. The van der Waals surface area contributed by atoms with Gasteiger partial charge in [-0.3, -0.25) is 0 Å². The molecule has 0 bridgehead atoms. The van der Waals surface area contributed by atoms with Crippen LogP contribution in [0.2, 0.25) is 0 Å². The molecule has 0 amide bonds. The Bertz CT molecular complexity index is 134. The van der Waals surface area contributed by atoms with Gasteiger partial charge in [-0.1, -0.05) is 6.92 Å². The summed E-state index contributed by atoms with van der Waals surface area (Å²) >= 11 is 0. The normalized spacial score (nSPS) is 39.8. The minimum atomic E-state index is -1.05. The summed E-state index contributed by atoms with van der Waals surface area (Å²) in [6.07, 6.45) is 0.995. The average Bonchev–Trinajstić information content (AvgIpc) is 1.85. The van der Waals surface area contributed by atoms with E-state index in [1.165, 1.54) is 0 Å². The van der Waals surface area contributed by atoms with Gasteiger partial charge in [0.2, 0.25) is 0 Å². The van der Waals surface area contributed by atoms with E-state index in [2.05, 4.69) is 0 Å². The number of hydrogen-bond donors (Lipinski definition) is 1. The summed E-state index contributed by atoms with van der Waals surface area (Å²) < 4.78 is 18.5. The quantitative estimate of drug-likeness (QED) is 0.672. The van der Waals surface area contributed by atoms with Crippen molar-refractivity contribution in [3.05, 3.63) is 0 Å². The molecule has 1 fully saturated rings. The highest BCUT2D eigenvalue weighted by Gasteiger charge is 2.47. The van der Waals surface area contributed by atoms with Crippen molar-refractivity contribution in [3.63, 3.8) is 0 Å². The van der Waals surface area contributed by atoms with Gasteiger partial charge in [-0.15, -0.1) is 0 Å². The largest absolute Gasteiger partial charge is 0.384 e. The van der Waals surface area contributed by atoms with Crippen molar-refractivity contribution in [2.45, 2.75) is 31.5 Å². The fourth-order valence-electron chi connectivity index (χ4n) is 1.61. The summed E-state index contributed by atoms with van der Waals surface area (Å²) in [6.45, 7) is 2.36. The number of rotatable bonds is 3. The molecule has 0 aliphatic heterocycles. The van der Waals surface area contributed by atoms with Gasteiger partial charge in [-0.05, 0) is 12.8 Å². The lowest BCUT2D eigenvalue weighted by Gasteiger charge is -2.43. The molecule has 0 aromatic heterocycles. The zero-order valence-electron chi connectivity index (χ0n) is 7.14. The first-order valence-electron chi connectivity index (χ1n) is 4.02. The fraction of sp³-hybridized carbons (Fsp3) is 1.00. The van der Waals surface area contributed by atoms with Crippen LogP contribution in [-0.4, -0.2) is 25.4 Å². The molecule has 2 nitrogen and oxygen atoms in total. The maximum absolute atomic E-state index is 13.6. The summed E-state index contributed by atoms with van der Waals surface area (Å²) in [5.74, 6) is -0.0210. The van der Waals surface area contributed by atoms with Crippen molar-refractivity contribution in [2.75, 3.05) is 13.7 Å². The van der Waals surface area contributed by atoms with Gasteiger partial charge < -0.3 is 10.5 Å². The van der Waals surface area contributed by atoms with Crippen LogP contribution in [-0.2, 0) is 4.74 Å². The molecule has 0 aromatic rings. The molecule has 0 heterocycles. The number of halogens is 1. The number of nitrogens with two attached hydrogens (primary N) is 1. The zero-order chi connectivity index (χ0) is 8.48. The second-order valence-electron chi connectivity index (χ2n) is 3.56. The third kappa shape index (κ3) is 1.71. The lowest BCUT2D eigenvalue weighted by atomic mass is 9.70. The summed E-state index contributed by atoms with van der Waals surface area (Å²) in [4.78, 5) is 0. The molecule has 11 heavy (non-hydrogen) atoms. The molecule has 1 unspecified atom stereocenters. The molecule has 3 heteroatoms. The van der Waals surface area contributed by atoms with Crippen LogP contribution < -0.4 is 5.73 Å². The zero-order valence-corrected chi connectivity index (χ0v) is 7.14. The molecule has 1 atom stereocenters. The van der Waals surface area contributed by atoms with Crippen LogP contribution in [0.15, 0.2) is 0 Å². The Kier molecular flexibility index (Phi) is 2.50. The molecule has 66 valence electrons. The van der Waals surface area contributed by atoms with Crippen LogP contribution in [0.1, 0.15) is 19.8 Å². The monoisotopic (exact) mass is 161 g/mol. The second-order valence-corrected chi connectivity index (χ2v) is 3.56. The highest BCUT2D eigenvalue weighted by Crippen LogP contribution is 2.41. The molecule has 1 saturated carbocycles.